The van der Waals surface area contributed by atoms with Crippen LogP contribution in [0.15, 0.2) is 42.4 Å². The molecule has 0 spiro atoms. The van der Waals surface area contributed by atoms with Gasteiger partial charge in [-0.25, -0.2) is 4.79 Å². The van der Waals surface area contributed by atoms with Crippen molar-refractivity contribution in [1.29, 1.82) is 0 Å². The van der Waals surface area contributed by atoms with Gasteiger partial charge in [0.15, 0.2) is 0 Å². The van der Waals surface area contributed by atoms with Gasteiger partial charge in [-0.1, -0.05) is 18.2 Å². The minimum Gasteiger partial charge on any atom is -0.497 e. The summed E-state index contributed by atoms with van der Waals surface area (Å²) in [4.78, 5) is 10.7. The van der Waals surface area contributed by atoms with Crippen LogP contribution in [0.1, 0.15) is 6.92 Å². The SMILES string of the molecule is CCO/C=C(/Oc1ccccc1)C(=O)O. The molecule has 0 amide bonds. The van der Waals surface area contributed by atoms with Crippen LogP contribution in [-0.2, 0) is 9.53 Å². The van der Waals surface area contributed by atoms with E-state index >= 15 is 0 Å². The van der Waals surface area contributed by atoms with Gasteiger partial charge in [0.2, 0.25) is 5.76 Å². The zero-order valence-corrected chi connectivity index (χ0v) is 8.34. The largest absolute Gasteiger partial charge is 0.497 e. The summed E-state index contributed by atoms with van der Waals surface area (Å²) in [6.45, 7) is 2.16. The zero-order valence-electron chi connectivity index (χ0n) is 8.34. The van der Waals surface area contributed by atoms with Crippen LogP contribution in [-0.4, -0.2) is 17.7 Å². The van der Waals surface area contributed by atoms with Crippen molar-refractivity contribution in [3.8, 4) is 5.75 Å². The molecule has 1 rings (SSSR count). The van der Waals surface area contributed by atoms with E-state index in [1.165, 1.54) is 0 Å². The van der Waals surface area contributed by atoms with Gasteiger partial charge < -0.3 is 14.6 Å². The van der Waals surface area contributed by atoms with Crippen molar-refractivity contribution in [3.63, 3.8) is 0 Å². The highest BCUT2D eigenvalue weighted by Gasteiger charge is 2.10. The quantitative estimate of drug-likeness (QED) is 0.594. The number of aliphatic carboxylic acids is 1. The molecular formula is C11H12O4. The summed E-state index contributed by atoms with van der Waals surface area (Å²) in [7, 11) is 0. The summed E-state index contributed by atoms with van der Waals surface area (Å²) in [6, 6.07) is 8.68. The number of carbonyl (C=O) groups is 1. The number of hydrogen-bond acceptors (Lipinski definition) is 3. The summed E-state index contributed by atoms with van der Waals surface area (Å²) in [5, 5.41) is 8.79. The lowest BCUT2D eigenvalue weighted by Crippen LogP contribution is -2.08. The molecule has 0 heterocycles. The monoisotopic (exact) mass is 208 g/mol. The van der Waals surface area contributed by atoms with E-state index in [1.54, 1.807) is 31.2 Å². The van der Waals surface area contributed by atoms with Crippen LogP contribution >= 0.6 is 0 Å². The molecule has 0 aliphatic carbocycles. The molecule has 0 unspecified atom stereocenters. The standard InChI is InChI=1S/C11H12O4/c1-2-14-8-10(11(12)13)15-9-6-4-3-5-7-9/h3-8H,2H2,1H3,(H,12,13)/b10-8+. The second-order valence-corrected chi connectivity index (χ2v) is 2.66. The molecule has 0 saturated carbocycles. The van der Waals surface area contributed by atoms with Gasteiger partial charge in [0.1, 0.15) is 12.0 Å². The highest BCUT2D eigenvalue weighted by Crippen LogP contribution is 2.12. The van der Waals surface area contributed by atoms with E-state index < -0.39 is 5.97 Å². The van der Waals surface area contributed by atoms with Crippen LogP contribution in [0.25, 0.3) is 0 Å². The number of benzene rings is 1. The van der Waals surface area contributed by atoms with Crippen LogP contribution < -0.4 is 4.74 Å². The van der Waals surface area contributed by atoms with E-state index in [1.807, 2.05) is 6.07 Å². The fourth-order valence-electron chi connectivity index (χ4n) is 0.893. The molecule has 0 aliphatic heterocycles. The highest BCUT2D eigenvalue weighted by molar-refractivity contribution is 5.84. The number of ether oxygens (including phenoxy) is 2. The molecule has 0 aromatic heterocycles. The predicted molar refractivity (Wildman–Crippen MR) is 54.4 cm³/mol. The average Bonchev–Trinajstić information content (AvgIpc) is 2.25. The van der Waals surface area contributed by atoms with Crippen molar-refractivity contribution in [2.75, 3.05) is 6.61 Å². The molecule has 1 aromatic rings. The van der Waals surface area contributed by atoms with E-state index in [-0.39, 0.29) is 5.76 Å². The second kappa shape index (κ2) is 5.70. The first-order valence-corrected chi connectivity index (χ1v) is 4.52. The molecule has 1 N–H and O–H groups in total. The Kier molecular flexibility index (Phi) is 4.22. The van der Waals surface area contributed by atoms with Crippen molar-refractivity contribution in [2.24, 2.45) is 0 Å². The lowest BCUT2D eigenvalue weighted by atomic mass is 10.3. The van der Waals surface area contributed by atoms with Gasteiger partial charge in [-0.15, -0.1) is 0 Å². The molecule has 0 aliphatic rings. The zero-order chi connectivity index (χ0) is 11.1. The summed E-state index contributed by atoms with van der Waals surface area (Å²) in [5.74, 6) is -0.929. The maximum atomic E-state index is 10.7. The number of carboxylic acids is 1. The maximum absolute atomic E-state index is 10.7. The first-order chi connectivity index (χ1) is 7.24. The van der Waals surface area contributed by atoms with E-state index in [0.29, 0.717) is 12.4 Å². The van der Waals surface area contributed by atoms with Crippen LogP contribution in [0.4, 0.5) is 0 Å². The molecule has 4 nitrogen and oxygen atoms in total. The Morgan fingerprint density at radius 1 is 1.40 bits per heavy atom. The van der Waals surface area contributed by atoms with E-state index in [2.05, 4.69) is 0 Å². The van der Waals surface area contributed by atoms with Crippen molar-refractivity contribution in [2.45, 2.75) is 6.92 Å². The smallest absolute Gasteiger partial charge is 0.375 e. The predicted octanol–water partition coefficient (Wildman–Crippen LogP) is 2.03. The highest BCUT2D eigenvalue weighted by atomic mass is 16.5. The summed E-state index contributed by atoms with van der Waals surface area (Å²) >= 11 is 0. The van der Waals surface area contributed by atoms with E-state index in [4.69, 9.17) is 14.6 Å². The topological polar surface area (TPSA) is 55.8 Å². The van der Waals surface area contributed by atoms with Gasteiger partial charge in [-0.05, 0) is 19.1 Å². The first-order valence-electron chi connectivity index (χ1n) is 4.52. The lowest BCUT2D eigenvalue weighted by Gasteiger charge is -2.05. The van der Waals surface area contributed by atoms with Crippen LogP contribution in [0.3, 0.4) is 0 Å². The van der Waals surface area contributed by atoms with Gasteiger partial charge in [-0.3, -0.25) is 0 Å². The van der Waals surface area contributed by atoms with Gasteiger partial charge in [0, 0.05) is 0 Å². The Morgan fingerprint density at radius 3 is 2.60 bits per heavy atom. The molecule has 0 bridgehead atoms. The Balaban J connectivity index is 2.72. The molecule has 0 atom stereocenters. The van der Waals surface area contributed by atoms with Gasteiger partial charge in [-0.2, -0.15) is 0 Å². The molecule has 15 heavy (non-hydrogen) atoms. The normalized spacial score (nSPS) is 10.9. The van der Waals surface area contributed by atoms with Crippen LogP contribution in [0.2, 0.25) is 0 Å². The van der Waals surface area contributed by atoms with Gasteiger partial charge in [0.25, 0.3) is 0 Å². The molecule has 0 fully saturated rings. The van der Waals surface area contributed by atoms with Crippen molar-refractivity contribution in [3.05, 3.63) is 42.4 Å². The average molecular weight is 208 g/mol. The van der Waals surface area contributed by atoms with Gasteiger partial charge >= 0.3 is 5.97 Å². The van der Waals surface area contributed by atoms with Crippen molar-refractivity contribution >= 4 is 5.97 Å². The third-order valence-electron chi connectivity index (χ3n) is 1.54. The molecule has 0 saturated heterocycles. The summed E-state index contributed by atoms with van der Waals surface area (Å²) in [5.41, 5.74) is 0. The lowest BCUT2D eigenvalue weighted by molar-refractivity contribution is -0.135. The second-order valence-electron chi connectivity index (χ2n) is 2.66. The third-order valence-corrected chi connectivity index (χ3v) is 1.54. The number of rotatable bonds is 5. The summed E-state index contributed by atoms with van der Waals surface area (Å²) < 4.78 is 9.98. The molecule has 0 radical (unpaired) electrons. The van der Waals surface area contributed by atoms with E-state index in [0.717, 1.165) is 6.26 Å². The van der Waals surface area contributed by atoms with E-state index in [9.17, 15) is 4.79 Å². The third kappa shape index (κ3) is 3.72. The fourth-order valence-corrected chi connectivity index (χ4v) is 0.893. The summed E-state index contributed by atoms with van der Waals surface area (Å²) in [6.07, 6.45) is 1.09. The minimum absolute atomic E-state index is 0.233. The van der Waals surface area contributed by atoms with Gasteiger partial charge in [0.05, 0.1) is 6.61 Å². The van der Waals surface area contributed by atoms with Crippen LogP contribution in [0, 0.1) is 0 Å². The molecular weight excluding hydrogens is 196 g/mol. The Bertz CT molecular complexity index is 343. The Hall–Kier alpha value is -1.97. The maximum Gasteiger partial charge on any atom is 0.375 e. The Labute approximate surface area is 87.7 Å². The molecule has 80 valence electrons. The first kappa shape index (κ1) is 11.1. The number of para-hydroxylation sites is 1. The van der Waals surface area contributed by atoms with Crippen molar-refractivity contribution in [1.82, 2.24) is 0 Å². The fraction of sp³-hybridized carbons (Fsp3) is 0.182. The molecule has 1 aromatic carbocycles. The Morgan fingerprint density at radius 2 is 2.07 bits per heavy atom. The number of hydrogen-bond donors (Lipinski definition) is 1. The minimum atomic E-state index is -1.16. The van der Waals surface area contributed by atoms with Crippen molar-refractivity contribution < 1.29 is 19.4 Å². The number of carboxylic acid groups (broad SMARTS) is 1. The van der Waals surface area contributed by atoms with Crippen LogP contribution in [0.5, 0.6) is 5.75 Å². The molecule has 4 heteroatoms.